The van der Waals surface area contributed by atoms with Gasteiger partial charge in [0, 0.05) is 13.1 Å². The van der Waals surface area contributed by atoms with E-state index in [1.54, 1.807) is 24.3 Å². The molecule has 0 atom stereocenters. The molecular weight excluding hydrogens is 420 g/mol. The predicted octanol–water partition coefficient (Wildman–Crippen LogP) is 3.76. The van der Waals surface area contributed by atoms with E-state index in [9.17, 15) is 9.59 Å². The number of imide groups is 1. The number of carbonyl (C=O) groups is 2. The van der Waals surface area contributed by atoms with E-state index in [0.29, 0.717) is 30.7 Å². The zero-order valence-electron chi connectivity index (χ0n) is 15.7. The highest BCUT2D eigenvalue weighted by Crippen LogP contribution is 2.27. The summed E-state index contributed by atoms with van der Waals surface area (Å²) in [5.41, 5.74) is 2.04. The average Bonchev–Trinajstić information content (AvgIpc) is 3.30. The number of halogens is 1. The number of ether oxygens (including phenoxy) is 1. The molecule has 0 N–H and O–H groups in total. The number of amides is 2. The van der Waals surface area contributed by atoms with Crippen LogP contribution in [-0.2, 0) is 6.42 Å². The summed E-state index contributed by atoms with van der Waals surface area (Å²) in [5, 5.41) is 0. The van der Waals surface area contributed by atoms with Gasteiger partial charge in [-0.1, -0.05) is 18.2 Å². The number of benzene rings is 2. The highest BCUT2D eigenvalue weighted by Gasteiger charge is 2.34. The molecule has 0 aliphatic carbocycles. The molecule has 0 radical (unpaired) electrons. The highest BCUT2D eigenvalue weighted by molar-refractivity contribution is 9.10. The van der Waals surface area contributed by atoms with Crippen molar-refractivity contribution in [3.05, 3.63) is 63.6 Å². The summed E-state index contributed by atoms with van der Waals surface area (Å²) in [6.45, 7) is 4.33. The molecular formula is C22H23BrN2O3. The third-order valence-corrected chi connectivity index (χ3v) is 5.98. The molecule has 1 fully saturated rings. The number of fused-ring (bicyclic) bond motifs is 1. The Labute approximate surface area is 173 Å². The van der Waals surface area contributed by atoms with Gasteiger partial charge in [-0.15, -0.1) is 0 Å². The second-order valence-electron chi connectivity index (χ2n) is 7.22. The summed E-state index contributed by atoms with van der Waals surface area (Å²) in [5.74, 6) is 0.409. The van der Waals surface area contributed by atoms with Crippen molar-refractivity contribution in [2.24, 2.45) is 0 Å². The van der Waals surface area contributed by atoms with E-state index in [0.717, 1.165) is 22.3 Å². The van der Waals surface area contributed by atoms with Crippen molar-refractivity contribution in [1.29, 1.82) is 0 Å². The lowest BCUT2D eigenvalue weighted by Gasteiger charge is -2.16. The molecule has 0 aromatic heterocycles. The first-order chi connectivity index (χ1) is 13.6. The molecule has 0 saturated carbocycles. The molecule has 2 aliphatic rings. The van der Waals surface area contributed by atoms with Crippen molar-refractivity contribution in [3.63, 3.8) is 0 Å². The largest absolute Gasteiger partial charge is 0.491 e. The lowest BCUT2D eigenvalue weighted by atomic mass is 10.1. The fraction of sp³-hybridized carbons (Fsp3) is 0.364. The molecule has 28 heavy (non-hydrogen) atoms. The normalized spacial score (nSPS) is 16.7. The molecule has 6 heteroatoms. The molecule has 2 aromatic rings. The Kier molecular flexibility index (Phi) is 5.78. The summed E-state index contributed by atoms with van der Waals surface area (Å²) < 4.78 is 6.80. The van der Waals surface area contributed by atoms with Crippen molar-refractivity contribution in [2.75, 3.05) is 32.8 Å². The van der Waals surface area contributed by atoms with E-state index < -0.39 is 0 Å². The van der Waals surface area contributed by atoms with Crippen LogP contribution in [0.1, 0.15) is 39.1 Å². The Morgan fingerprint density at radius 2 is 1.61 bits per heavy atom. The Morgan fingerprint density at radius 1 is 0.929 bits per heavy atom. The third kappa shape index (κ3) is 3.98. The number of hydrogen-bond acceptors (Lipinski definition) is 4. The summed E-state index contributed by atoms with van der Waals surface area (Å²) in [4.78, 5) is 28.7. The maximum Gasteiger partial charge on any atom is 0.261 e. The zero-order chi connectivity index (χ0) is 19.5. The second kappa shape index (κ2) is 8.45. The fourth-order valence-electron chi connectivity index (χ4n) is 3.79. The van der Waals surface area contributed by atoms with E-state index in [4.69, 9.17) is 4.74 Å². The van der Waals surface area contributed by atoms with Gasteiger partial charge in [-0.2, -0.15) is 0 Å². The van der Waals surface area contributed by atoms with Gasteiger partial charge in [-0.25, -0.2) is 0 Å². The van der Waals surface area contributed by atoms with Crippen LogP contribution in [-0.4, -0.2) is 54.4 Å². The van der Waals surface area contributed by atoms with Gasteiger partial charge in [0.25, 0.3) is 11.8 Å². The molecule has 0 unspecified atom stereocenters. The van der Waals surface area contributed by atoms with E-state index in [2.05, 4.69) is 20.8 Å². The van der Waals surface area contributed by atoms with Gasteiger partial charge in [-0.05, 0) is 78.1 Å². The van der Waals surface area contributed by atoms with E-state index in [-0.39, 0.29) is 11.8 Å². The summed E-state index contributed by atoms with van der Waals surface area (Å²) >= 11 is 3.58. The van der Waals surface area contributed by atoms with E-state index >= 15 is 0 Å². The molecule has 2 amide bonds. The Morgan fingerprint density at radius 3 is 2.25 bits per heavy atom. The van der Waals surface area contributed by atoms with Crippen molar-refractivity contribution >= 4 is 27.7 Å². The molecule has 0 bridgehead atoms. The standard InChI is InChI=1S/C22H23BrN2O3/c23-19-15-16(7-8-20(19)28-14-13-24-10-3-4-11-24)9-12-25-21(26)17-5-1-2-6-18(17)22(25)27/h1-2,5-8,15H,3-4,9-14H2. The molecule has 2 aromatic carbocycles. The molecule has 5 nitrogen and oxygen atoms in total. The first-order valence-electron chi connectivity index (χ1n) is 9.72. The Balaban J connectivity index is 1.32. The van der Waals surface area contributed by atoms with Gasteiger partial charge in [0.2, 0.25) is 0 Å². The van der Waals surface area contributed by atoms with Crippen molar-refractivity contribution < 1.29 is 14.3 Å². The maximum absolute atomic E-state index is 12.4. The number of hydrogen-bond donors (Lipinski definition) is 0. The van der Waals surface area contributed by atoms with Crippen molar-refractivity contribution in [1.82, 2.24) is 9.80 Å². The SMILES string of the molecule is O=C1c2ccccc2C(=O)N1CCc1ccc(OCCN2CCCC2)c(Br)c1. The van der Waals surface area contributed by atoms with Crippen LogP contribution in [0.3, 0.4) is 0 Å². The lowest BCUT2D eigenvalue weighted by molar-refractivity contribution is 0.0656. The first-order valence-corrected chi connectivity index (χ1v) is 10.5. The molecule has 0 spiro atoms. The van der Waals surface area contributed by atoms with Crippen LogP contribution >= 0.6 is 15.9 Å². The van der Waals surface area contributed by atoms with Crippen LogP contribution in [0.25, 0.3) is 0 Å². The number of carbonyl (C=O) groups excluding carboxylic acids is 2. The molecule has 1 saturated heterocycles. The van der Waals surface area contributed by atoms with Gasteiger partial charge >= 0.3 is 0 Å². The van der Waals surface area contributed by atoms with E-state index in [1.165, 1.54) is 30.8 Å². The van der Waals surface area contributed by atoms with Crippen molar-refractivity contribution in [3.8, 4) is 5.75 Å². The van der Waals surface area contributed by atoms with Crippen LogP contribution in [0.5, 0.6) is 5.75 Å². The van der Waals surface area contributed by atoms with Gasteiger partial charge in [0.1, 0.15) is 12.4 Å². The topological polar surface area (TPSA) is 49.9 Å². The fourth-order valence-corrected chi connectivity index (χ4v) is 4.33. The minimum Gasteiger partial charge on any atom is -0.491 e. The Hall–Kier alpha value is -2.18. The smallest absolute Gasteiger partial charge is 0.261 e. The van der Waals surface area contributed by atoms with Crippen LogP contribution in [0.15, 0.2) is 46.9 Å². The third-order valence-electron chi connectivity index (χ3n) is 5.36. The number of likely N-dealkylation sites (tertiary alicyclic amines) is 1. The lowest BCUT2D eigenvalue weighted by Crippen LogP contribution is -2.31. The highest BCUT2D eigenvalue weighted by atomic mass is 79.9. The minimum absolute atomic E-state index is 0.207. The maximum atomic E-state index is 12.4. The summed E-state index contributed by atoms with van der Waals surface area (Å²) in [6, 6.07) is 12.9. The number of rotatable bonds is 7. The average molecular weight is 443 g/mol. The number of nitrogens with zero attached hydrogens (tertiary/aromatic N) is 2. The molecule has 2 aliphatic heterocycles. The van der Waals surface area contributed by atoms with E-state index in [1.807, 2.05) is 18.2 Å². The quantitative estimate of drug-likeness (QED) is 0.612. The van der Waals surface area contributed by atoms with Crippen LogP contribution in [0, 0.1) is 0 Å². The van der Waals surface area contributed by atoms with Gasteiger partial charge in [-0.3, -0.25) is 19.4 Å². The van der Waals surface area contributed by atoms with Gasteiger partial charge < -0.3 is 4.74 Å². The zero-order valence-corrected chi connectivity index (χ0v) is 17.3. The molecule has 4 rings (SSSR count). The van der Waals surface area contributed by atoms with Crippen LogP contribution in [0.4, 0.5) is 0 Å². The van der Waals surface area contributed by atoms with Crippen LogP contribution < -0.4 is 4.74 Å². The van der Waals surface area contributed by atoms with Gasteiger partial charge in [0.15, 0.2) is 0 Å². The Bertz CT molecular complexity index is 858. The monoisotopic (exact) mass is 442 g/mol. The molecule has 146 valence electrons. The second-order valence-corrected chi connectivity index (χ2v) is 8.07. The predicted molar refractivity (Wildman–Crippen MR) is 111 cm³/mol. The van der Waals surface area contributed by atoms with Crippen LogP contribution in [0.2, 0.25) is 0 Å². The summed E-state index contributed by atoms with van der Waals surface area (Å²) in [6.07, 6.45) is 3.18. The van der Waals surface area contributed by atoms with Gasteiger partial charge in [0.05, 0.1) is 15.6 Å². The summed E-state index contributed by atoms with van der Waals surface area (Å²) in [7, 11) is 0. The first kappa shape index (κ1) is 19.2. The van der Waals surface area contributed by atoms with Crippen molar-refractivity contribution in [2.45, 2.75) is 19.3 Å². The minimum atomic E-state index is -0.207. The molecule has 2 heterocycles.